The van der Waals surface area contributed by atoms with Gasteiger partial charge in [0.05, 0.1) is 14.2 Å². The molecule has 2 rings (SSSR count). The zero-order valence-corrected chi connectivity index (χ0v) is 16.2. The van der Waals surface area contributed by atoms with Gasteiger partial charge in [-0.25, -0.2) is 8.42 Å². The predicted molar refractivity (Wildman–Crippen MR) is 93.7 cm³/mol. The molecule has 1 aliphatic heterocycles. The first kappa shape index (κ1) is 21.0. The third-order valence-electron chi connectivity index (χ3n) is 4.35. The lowest BCUT2D eigenvalue weighted by Crippen LogP contribution is -2.50. The highest BCUT2D eigenvalue weighted by atomic mass is 32.2. The molecule has 0 bridgehead atoms. The summed E-state index contributed by atoms with van der Waals surface area (Å²) in [7, 11) is -0.970. The van der Waals surface area contributed by atoms with Gasteiger partial charge in [-0.15, -0.1) is 0 Å². The summed E-state index contributed by atoms with van der Waals surface area (Å²) in [6.07, 6.45) is 0.140. The number of methoxy groups -OCH3 is 2. The fraction of sp³-hybridized carbons (Fsp3) is 0.529. The molecule has 1 saturated heterocycles. The van der Waals surface area contributed by atoms with Gasteiger partial charge in [0, 0.05) is 44.6 Å². The summed E-state index contributed by atoms with van der Waals surface area (Å²) in [6.45, 7) is 0.787. The molecule has 0 unspecified atom stereocenters. The predicted octanol–water partition coefficient (Wildman–Crippen LogP) is -0.543. The number of nitrogens with zero attached hydrogens (tertiary/aromatic N) is 2. The number of carbonyl (C=O) groups is 2. The highest BCUT2D eigenvalue weighted by Gasteiger charge is 2.32. The van der Waals surface area contributed by atoms with E-state index in [1.807, 2.05) is 0 Å². The highest BCUT2D eigenvalue weighted by molar-refractivity contribution is 7.89. The lowest BCUT2D eigenvalue weighted by Gasteiger charge is -2.34. The Morgan fingerprint density at radius 1 is 1.07 bits per heavy atom. The number of piperazine rings is 1. The maximum absolute atomic E-state index is 13.0. The van der Waals surface area contributed by atoms with Crippen LogP contribution in [0.15, 0.2) is 23.1 Å². The SMILES string of the molecule is COc1ccc(OC)c(S(=O)(=O)N2CCN(C(=O)CCCC(=O)[O-])CC2)c1. The van der Waals surface area contributed by atoms with Crippen LogP contribution in [0.3, 0.4) is 0 Å². The van der Waals surface area contributed by atoms with Crippen LogP contribution >= 0.6 is 0 Å². The summed E-state index contributed by atoms with van der Waals surface area (Å²) in [6, 6.07) is 4.55. The number of benzene rings is 1. The molecule has 1 aromatic carbocycles. The molecule has 150 valence electrons. The minimum Gasteiger partial charge on any atom is -0.550 e. The molecule has 1 amide bonds. The lowest BCUT2D eigenvalue weighted by atomic mass is 10.2. The molecular weight excluding hydrogens is 376 g/mol. The number of carbonyl (C=O) groups excluding carboxylic acids is 2. The first-order chi connectivity index (χ1) is 12.8. The Morgan fingerprint density at radius 2 is 1.74 bits per heavy atom. The number of carboxylic acids is 1. The average Bonchev–Trinajstić information content (AvgIpc) is 2.67. The van der Waals surface area contributed by atoms with E-state index in [1.165, 1.54) is 30.7 Å². The van der Waals surface area contributed by atoms with Gasteiger partial charge in [0.25, 0.3) is 0 Å². The second-order valence-electron chi connectivity index (χ2n) is 6.03. The lowest BCUT2D eigenvalue weighted by molar-refractivity contribution is -0.305. The van der Waals surface area contributed by atoms with E-state index in [9.17, 15) is 23.1 Å². The minimum atomic E-state index is -3.81. The van der Waals surface area contributed by atoms with Crippen molar-refractivity contribution in [1.29, 1.82) is 0 Å². The molecule has 0 N–H and O–H groups in total. The van der Waals surface area contributed by atoms with Gasteiger partial charge in [0.1, 0.15) is 16.4 Å². The summed E-state index contributed by atoms with van der Waals surface area (Å²) in [5, 5.41) is 10.4. The molecule has 0 aliphatic carbocycles. The highest BCUT2D eigenvalue weighted by Crippen LogP contribution is 2.31. The van der Waals surface area contributed by atoms with Gasteiger partial charge in [0.2, 0.25) is 15.9 Å². The zero-order chi connectivity index (χ0) is 20.0. The Labute approximate surface area is 158 Å². The van der Waals surface area contributed by atoms with Crippen LogP contribution in [0.4, 0.5) is 0 Å². The average molecular weight is 399 g/mol. The fourth-order valence-corrected chi connectivity index (χ4v) is 4.44. The molecule has 10 heteroatoms. The number of hydrogen-bond acceptors (Lipinski definition) is 7. The van der Waals surface area contributed by atoms with Crippen LogP contribution in [-0.4, -0.2) is 69.9 Å². The van der Waals surface area contributed by atoms with Crippen LogP contribution in [0.5, 0.6) is 11.5 Å². The van der Waals surface area contributed by atoms with Crippen molar-refractivity contribution in [2.24, 2.45) is 0 Å². The maximum atomic E-state index is 13.0. The van der Waals surface area contributed by atoms with Crippen LogP contribution in [0.2, 0.25) is 0 Å². The molecule has 1 aliphatic rings. The standard InChI is InChI=1S/C17H24N2O7S/c1-25-13-6-7-14(26-2)15(12-13)27(23,24)19-10-8-18(9-11-19)16(20)4-3-5-17(21)22/h6-7,12H,3-5,8-11H2,1-2H3,(H,21,22)/p-1. The first-order valence-electron chi connectivity index (χ1n) is 8.49. The van der Waals surface area contributed by atoms with E-state index >= 15 is 0 Å². The van der Waals surface area contributed by atoms with Crippen LogP contribution in [0.25, 0.3) is 0 Å². The minimum absolute atomic E-state index is 0.0121. The van der Waals surface area contributed by atoms with Crippen molar-refractivity contribution in [3.8, 4) is 11.5 Å². The van der Waals surface area contributed by atoms with Crippen molar-refractivity contribution in [3.63, 3.8) is 0 Å². The van der Waals surface area contributed by atoms with Crippen molar-refractivity contribution in [1.82, 2.24) is 9.21 Å². The van der Waals surface area contributed by atoms with Gasteiger partial charge in [0.15, 0.2) is 0 Å². The third-order valence-corrected chi connectivity index (χ3v) is 6.27. The smallest absolute Gasteiger partial charge is 0.247 e. The maximum Gasteiger partial charge on any atom is 0.247 e. The number of aliphatic carboxylic acids is 1. The van der Waals surface area contributed by atoms with Crippen LogP contribution in [0, 0.1) is 0 Å². The molecule has 0 aromatic heterocycles. The van der Waals surface area contributed by atoms with E-state index in [-0.39, 0.29) is 62.0 Å². The van der Waals surface area contributed by atoms with Crippen molar-refractivity contribution in [2.75, 3.05) is 40.4 Å². The van der Waals surface area contributed by atoms with Crippen molar-refractivity contribution in [2.45, 2.75) is 24.2 Å². The molecule has 0 saturated carbocycles. The summed E-state index contributed by atoms with van der Waals surface area (Å²) < 4.78 is 37.5. The Hall–Kier alpha value is -2.33. The Morgan fingerprint density at radius 3 is 2.30 bits per heavy atom. The molecule has 1 aromatic rings. The summed E-state index contributed by atoms with van der Waals surface area (Å²) in [4.78, 5) is 24.1. The molecule has 9 nitrogen and oxygen atoms in total. The van der Waals surface area contributed by atoms with Gasteiger partial charge < -0.3 is 24.3 Å². The van der Waals surface area contributed by atoms with E-state index < -0.39 is 16.0 Å². The van der Waals surface area contributed by atoms with Crippen LogP contribution < -0.4 is 14.6 Å². The number of amides is 1. The van der Waals surface area contributed by atoms with E-state index in [2.05, 4.69) is 0 Å². The molecule has 0 spiro atoms. The molecular formula is C17H23N2O7S-. The van der Waals surface area contributed by atoms with Crippen LogP contribution in [0.1, 0.15) is 19.3 Å². The number of rotatable bonds is 8. The fourth-order valence-electron chi connectivity index (χ4n) is 2.84. The number of ether oxygens (including phenoxy) is 2. The largest absolute Gasteiger partial charge is 0.550 e. The number of carboxylic acid groups (broad SMARTS) is 1. The van der Waals surface area contributed by atoms with Gasteiger partial charge in [-0.05, 0) is 25.0 Å². The second-order valence-corrected chi connectivity index (χ2v) is 7.93. The van der Waals surface area contributed by atoms with E-state index in [0.717, 1.165) is 0 Å². The zero-order valence-electron chi connectivity index (χ0n) is 15.3. The molecule has 0 atom stereocenters. The first-order valence-corrected chi connectivity index (χ1v) is 9.93. The van der Waals surface area contributed by atoms with Crippen molar-refractivity contribution < 1.29 is 32.6 Å². The summed E-state index contributed by atoms with van der Waals surface area (Å²) >= 11 is 0. The third kappa shape index (κ3) is 5.10. The van der Waals surface area contributed by atoms with Gasteiger partial charge in [-0.2, -0.15) is 4.31 Å². The Bertz CT molecular complexity index is 786. The molecule has 0 radical (unpaired) electrons. The molecule has 1 heterocycles. The Balaban J connectivity index is 2.04. The monoisotopic (exact) mass is 399 g/mol. The van der Waals surface area contributed by atoms with E-state index in [0.29, 0.717) is 5.75 Å². The quantitative estimate of drug-likeness (QED) is 0.576. The molecule has 1 fully saturated rings. The Kier molecular flexibility index (Phi) is 7.03. The second kappa shape index (κ2) is 9.05. The van der Waals surface area contributed by atoms with E-state index in [4.69, 9.17) is 9.47 Å². The van der Waals surface area contributed by atoms with Crippen LogP contribution in [-0.2, 0) is 19.6 Å². The molecule has 27 heavy (non-hydrogen) atoms. The van der Waals surface area contributed by atoms with Gasteiger partial charge >= 0.3 is 0 Å². The summed E-state index contributed by atoms with van der Waals surface area (Å²) in [5.74, 6) is -0.758. The van der Waals surface area contributed by atoms with E-state index in [1.54, 1.807) is 11.0 Å². The summed E-state index contributed by atoms with van der Waals surface area (Å²) in [5.41, 5.74) is 0. The number of sulfonamides is 1. The topological polar surface area (TPSA) is 116 Å². The van der Waals surface area contributed by atoms with Crippen molar-refractivity contribution in [3.05, 3.63) is 18.2 Å². The number of hydrogen-bond donors (Lipinski definition) is 0. The normalized spacial score (nSPS) is 15.4. The van der Waals surface area contributed by atoms with Gasteiger partial charge in [-0.1, -0.05) is 0 Å². The van der Waals surface area contributed by atoms with Crippen molar-refractivity contribution >= 4 is 21.9 Å². The van der Waals surface area contributed by atoms with Gasteiger partial charge in [-0.3, -0.25) is 4.79 Å².